The van der Waals surface area contributed by atoms with E-state index in [9.17, 15) is 9.59 Å². The first kappa shape index (κ1) is 37.0. The summed E-state index contributed by atoms with van der Waals surface area (Å²) in [6.45, 7) is 12.0. The van der Waals surface area contributed by atoms with Gasteiger partial charge in [0.2, 0.25) is 0 Å². The zero-order valence-electron chi connectivity index (χ0n) is 28.4. The molecule has 0 bridgehead atoms. The third-order valence-electron chi connectivity index (χ3n) is 8.35. The van der Waals surface area contributed by atoms with Gasteiger partial charge in [-0.2, -0.15) is 0 Å². The Morgan fingerprint density at radius 1 is 0.682 bits per heavy atom. The maximum absolute atomic E-state index is 13.5. The van der Waals surface area contributed by atoms with Crippen molar-refractivity contribution in [3.8, 4) is 5.75 Å². The summed E-state index contributed by atoms with van der Waals surface area (Å²) in [5.41, 5.74) is 17.4. The standard InChI is InChI=1S/C36H59N3O5/c1-7-11-12-13-14-15-16-17-18-19-20-21-22-23-27-28(37)24-29(38)34(42-8-2)32(27)33-30(35(40)43-9-3)25(5)39-26(6)31(33)36(41)44-10-4/h24,33,39H,7-23,37-38H2,1-6H3. The second-order valence-electron chi connectivity index (χ2n) is 11.8. The summed E-state index contributed by atoms with van der Waals surface area (Å²) in [5, 5.41) is 3.21. The first-order valence-corrected chi connectivity index (χ1v) is 17.1. The molecule has 0 aromatic heterocycles. The number of anilines is 2. The fourth-order valence-corrected chi connectivity index (χ4v) is 6.22. The molecule has 1 aromatic carbocycles. The molecule has 8 heteroatoms. The number of esters is 2. The Balaban J connectivity index is 2.31. The van der Waals surface area contributed by atoms with Gasteiger partial charge in [-0.3, -0.25) is 0 Å². The van der Waals surface area contributed by atoms with Gasteiger partial charge in [0.25, 0.3) is 0 Å². The summed E-state index contributed by atoms with van der Waals surface area (Å²) in [6.07, 6.45) is 17.1. The fraction of sp³-hybridized carbons (Fsp3) is 0.667. The van der Waals surface area contributed by atoms with Gasteiger partial charge in [-0.05, 0) is 59.1 Å². The van der Waals surface area contributed by atoms with Crippen LogP contribution in [0, 0.1) is 0 Å². The molecule has 248 valence electrons. The van der Waals surface area contributed by atoms with E-state index in [4.69, 9.17) is 25.7 Å². The van der Waals surface area contributed by atoms with Crippen LogP contribution in [-0.4, -0.2) is 31.8 Å². The molecule has 0 radical (unpaired) electrons. The molecule has 0 unspecified atom stereocenters. The number of nitrogen functional groups attached to an aromatic ring is 2. The Labute approximate surface area is 266 Å². The average molecular weight is 614 g/mol. The van der Waals surface area contributed by atoms with Gasteiger partial charge >= 0.3 is 11.9 Å². The number of rotatable bonds is 21. The number of nitrogens with two attached hydrogens (primary N) is 2. The van der Waals surface area contributed by atoms with Crippen molar-refractivity contribution in [3.63, 3.8) is 0 Å². The topological polar surface area (TPSA) is 126 Å². The van der Waals surface area contributed by atoms with Gasteiger partial charge in [0.05, 0.1) is 42.6 Å². The van der Waals surface area contributed by atoms with Crippen LogP contribution in [0.3, 0.4) is 0 Å². The minimum atomic E-state index is -0.807. The first-order chi connectivity index (χ1) is 21.2. The summed E-state index contributed by atoms with van der Waals surface area (Å²) in [5.74, 6) is -1.37. The van der Waals surface area contributed by atoms with Gasteiger partial charge in [-0.15, -0.1) is 0 Å². The maximum Gasteiger partial charge on any atom is 0.336 e. The van der Waals surface area contributed by atoms with Gasteiger partial charge in [-0.1, -0.05) is 84.0 Å². The SMILES string of the molecule is CCCCCCCCCCCCCCCc1c(N)cc(N)c(OCC)c1C1C(C(=O)OCC)=C(C)NC(C)=C1C(=O)OCC. The summed E-state index contributed by atoms with van der Waals surface area (Å²) >= 11 is 0. The zero-order valence-corrected chi connectivity index (χ0v) is 28.4. The summed E-state index contributed by atoms with van der Waals surface area (Å²) in [7, 11) is 0. The quantitative estimate of drug-likeness (QED) is 0.0719. The highest BCUT2D eigenvalue weighted by molar-refractivity contribution is 6.00. The highest BCUT2D eigenvalue weighted by atomic mass is 16.5. The molecule has 0 spiro atoms. The van der Waals surface area contributed by atoms with Gasteiger partial charge in [0.1, 0.15) is 5.75 Å². The van der Waals surface area contributed by atoms with E-state index in [2.05, 4.69) is 12.2 Å². The van der Waals surface area contributed by atoms with Gasteiger partial charge in [0, 0.05) is 22.6 Å². The van der Waals surface area contributed by atoms with E-state index in [0.29, 0.717) is 58.3 Å². The van der Waals surface area contributed by atoms with Crippen molar-refractivity contribution < 1.29 is 23.8 Å². The number of dihydropyridines is 1. The van der Waals surface area contributed by atoms with Crippen LogP contribution < -0.4 is 21.5 Å². The van der Waals surface area contributed by atoms with E-state index < -0.39 is 17.9 Å². The molecule has 1 heterocycles. The first-order valence-electron chi connectivity index (χ1n) is 17.1. The van der Waals surface area contributed by atoms with E-state index in [1.165, 1.54) is 64.2 Å². The maximum atomic E-state index is 13.5. The van der Waals surface area contributed by atoms with E-state index in [-0.39, 0.29) is 13.2 Å². The third kappa shape index (κ3) is 10.5. The Kier molecular flexibility index (Phi) is 16.8. The van der Waals surface area contributed by atoms with Crippen LogP contribution in [-0.2, 0) is 25.5 Å². The average Bonchev–Trinajstić information content (AvgIpc) is 2.97. The number of carbonyl (C=O) groups is 2. The summed E-state index contributed by atoms with van der Waals surface area (Å²) in [6, 6.07) is 1.73. The number of ether oxygens (including phenoxy) is 3. The number of hydrogen-bond acceptors (Lipinski definition) is 8. The molecule has 0 atom stereocenters. The molecule has 1 aliphatic heterocycles. The second kappa shape index (κ2) is 20.0. The minimum absolute atomic E-state index is 0.197. The zero-order chi connectivity index (χ0) is 32.5. The number of unbranched alkanes of at least 4 members (excludes halogenated alkanes) is 12. The summed E-state index contributed by atoms with van der Waals surface area (Å²) < 4.78 is 17.1. The smallest absolute Gasteiger partial charge is 0.336 e. The van der Waals surface area contributed by atoms with E-state index in [1.807, 2.05) is 20.8 Å². The van der Waals surface area contributed by atoms with Crippen molar-refractivity contribution in [2.24, 2.45) is 0 Å². The highest BCUT2D eigenvalue weighted by Crippen LogP contribution is 2.48. The number of allylic oxidation sites excluding steroid dienone is 2. The number of nitrogens with one attached hydrogen (secondary N) is 1. The molecule has 1 aromatic rings. The van der Waals surface area contributed by atoms with Gasteiger partial charge in [0.15, 0.2) is 0 Å². The lowest BCUT2D eigenvalue weighted by atomic mass is 9.76. The lowest BCUT2D eigenvalue weighted by molar-refractivity contribution is -0.139. The Hall–Kier alpha value is -3.16. The third-order valence-corrected chi connectivity index (χ3v) is 8.35. The molecular formula is C36H59N3O5. The normalized spacial score (nSPS) is 13.7. The summed E-state index contributed by atoms with van der Waals surface area (Å²) in [4.78, 5) is 26.9. The molecular weight excluding hydrogens is 554 g/mol. The van der Waals surface area contributed by atoms with E-state index in [0.717, 1.165) is 24.8 Å². The van der Waals surface area contributed by atoms with Crippen molar-refractivity contribution in [3.05, 3.63) is 39.7 Å². The van der Waals surface area contributed by atoms with Crippen LogP contribution >= 0.6 is 0 Å². The Morgan fingerprint density at radius 3 is 1.57 bits per heavy atom. The Bertz CT molecular complexity index is 1100. The van der Waals surface area contributed by atoms with Crippen molar-refractivity contribution in [1.29, 1.82) is 0 Å². The largest absolute Gasteiger partial charge is 0.491 e. The van der Waals surface area contributed by atoms with Crippen LogP contribution in [0.5, 0.6) is 5.75 Å². The fourth-order valence-electron chi connectivity index (χ4n) is 6.22. The second-order valence-corrected chi connectivity index (χ2v) is 11.8. The van der Waals surface area contributed by atoms with Crippen molar-refractivity contribution in [2.45, 2.75) is 137 Å². The van der Waals surface area contributed by atoms with Crippen LogP contribution in [0.1, 0.15) is 142 Å². The minimum Gasteiger partial charge on any atom is -0.491 e. The lowest BCUT2D eigenvalue weighted by Gasteiger charge is -2.33. The van der Waals surface area contributed by atoms with E-state index in [1.54, 1.807) is 19.9 Å². The predicted molar refractivity (Wildman–Crippen MR) is 180 cm³/mol. The lowest BCUT2D eigenvalue weighted by Crippen LogP contribution is -2.33. The van der Waals surface area contributed by atoms with Crippen molar-refractivity contribution >= 4 is 23.3 Å². The molecule has 44 heavy (non-hydrogen) atoms. The van der Waals surface area contributed by atoms with Crippen LogP contribution in [0.2, 0.25) is 0 Å². The van der Waals surface area contributed by atoms with Crippen LogP contribution in [0.25, 0.3) is 0 Å². The number of hydrogen-bond donors (Lipinski definition) is 3. The number of benzene rings is 1. The molecule has 2 rings (SSSR count). The molecule has 1 aliphatic rings. The number of carbonyl (C=O) groups excluding carboxylic acids is 2. The van der Waals surface area contributed by atoms with E-state index >= 15 is 0 Å². The van der Waals surface area contributed by atoms with Crippen molar-refractivity contribution in [2.75, 3.05) is 31.3 Å². The predicted octanol–water partition coefficient (Wildman–Crippen LogP) is 8.24. The Morgan fingerprint density at radius 2 is 1.14 bits per heavy atom. The van der Waals surface area contributed by atoms with Crippen LogP contribution in [0.15, 0.2) is 28.6 Å². The van der Waals surface area contributed by atoms with Gasteiger partial charge in [-0.25, -0.2) is 9.59 Å². The molecule has 0 saturated heterocycles. The monoisotopic (exact) mass is 613 g/mol. The molecule has 0 saturated carbocycles. The molecule has 0 fully saturated rings. The molecule has 0 aliphatic carbocycles. The highest BCUT2D eigenvalue weighted by Gasteiger charge is 2.41. The molecule has 5 N–H and O–H groups in total. The van der Waals surface area contributed by atoms with Crippen LogP contribution in [0.4, 0.5) is 11.4 Å². The molecule has 0 amide bonds. The molecule has 8 nitrogen and oxygen atoms in total. The van der Waals surface area contributed by atoms with Gasteiger partial charge < -0.3 is 31.0 Å². The van der Waals surface area contributed by atoms with Crippen molar-refractivity contribution in [1.82, 2.24) is 5.32 Å².